The molecule has 0 aliphatic carbocycles. The summed E-state index contributed by atoms with van der Waals surface area (Å²) in [5.41, 5.74) is 2.13. The van der Waals surface area contributed by atoms with Gasteiger partial charge in [-0.2, -0.15) is 0 Å². The first-order chi connectivity index (χ1) is 12.3. The number of methoxy groups -OCH3 is 1. The van der Waals surface area contributed by atoms with Crippen LogP contribution in [0.15, 0.2) is 69.8 Å². The Balaban J connectivity index is 1.74. The summed E-state index contributed by atoms with van der Waals surface area (Å²) < 4.78 is 17.9. The van der Waals surface area contributed by atoms with Crippen LogP contribution in [-0.2, 0) is 19.7 Å². The van der Waals surface area contributed by atoms with Gasteiger partial charge >= 0.3 is 0 Å². The number of ether oxygens (including phenoxy) is 2. The third-order valence-corrected chi connectivity index (χ3v) is 4.20. The van der Waals surface area contributed by atoms with E-state index < -0.39 is 0 Å². The minimum Gasteiger partial charge on any atom is -0.493 e. The van der Waals surface area contributed by atoms with Crippen LogP contribution in [0.25, 0.3) is 0 Å². The van der Waals surface area contributed by atoms with Crippen LogP contribution in [0.1, 0.15) is 16.9 Å². The molecule has 130 valence electrons. The van der Waals surface area contributed by atoms with Crippen molar-refractivity contribution in [3.63, 3.8) is 0 Å². The number of hydrogen-bond acceptors (Lipinski definition) is 4. The summed E-state index contributed by atoms with van der Waals surface area (Å²) in [5, 5.41) is 3.37. The van der Waals surface area contributed by atoms with Crippen molar-refractivity contribution in [1.29, 1.82) is 0 Å². The van der Waals surface area contributed by atoms with E-state index in [0.29, 0.717) is 25.4 Å². The number of benzene rings is 2. The Morgan fingerprint density at radius 3 is 2.60 bits per heavy atom. The first-order valence-electron chi connectivity index (χ1n) is 8.02. The minimum atomic E-state index is 0.490. The molecule has 3 aromatic rings. The van der Waals surface area contributed by atoms with Gasteiger partial charge in [-0.15, -0.1) is 0 Å². The summed E-state index contributed by atoms with van der Waals surface area (Å²) in [7, 11) is 1.65. The standard InChI is InChI=1S/C20H20BrNO3/c1-23-19-11-17(21)10-16(12-22-13-18-8-5-9-24-18)20(19)25-14-15-6-3-2-4-7-15/h2-11,22H,12-14H2,1H3. The highest BCUT2D eigenvalue weighted by atomic mass is 79.9. The van der Waals surface area contributed by atoms with Gasteiger partial charge in [0, 0.05) is 16.6 Å². The van der Waals surface area contributed by atoms with Crippen LogP contribution in [0.2, 0.25) is 0 Å². The van der Waals surface area contributed by atoms with Gasteiger partial charge < -0.3 is 19.2 Å². The summed E-state index contributed by atoms with van der Waals surface area (Å²) in [6.07, 6.45) is 1.67. The van der Waals surface area contributed by atoms with Crippen LogP contribution in [0, 0.1) is 0 Å². The molecule has 3 rings (SSSR count). The van der Waals surface area contributed by atoms with Gasteiger partial charge in [0.2, 0.25) is 0 Å². The fourth-order valence-electron chi connectivity index (χ4n) is 2.53. The van der Waals surface area contributed by atoms with E-state index in [1.54, 1.807) is 13.4 Å². The molecule has 0 amide bonds. The van der Waals surface area contributed by atoms with Crippen molar-refractivity contribution in [1.82, 2.24) is 5.32 Å². The Hall–Kier alpha value is -2.24. The molecule has 0 aliphatic rings. The molecule has 0 atom stereocenters. The smallest absolute Gasteiger partial charge is 0.166 e. The lowest BCUT2D eigenvalue weighted by Gasteiger charge is -2.16. The highest BCUT2D eigenvalue weighted by molar-refractivity contribution is 9.10. The SMILES string of the molecule is COc1cc(Br)cc(CNCc2ccco2)c1OCc1ccccc1. The van der Waals surface area contributed by atoms with Crippen molar-refractivity contribution < 1.29 is 13.9 Å². The Morgan fingerprint density at radius 2 is 1.88 bits per heavy atom. The monoisotopic (exact) mass is 401 g/mol. The Morgan fingerprint density at radius 1 is 1.04 bits per heavy atom. The Kier molecular flexibility index (Phi) is 6.14. The lowest BCUT2D eigenvalue weighted by Crippen LogP contribution is -2.13. The van der Waals surface area contributed by atoms with Gasteiger partial charge in [0.05, 0.1) is 19.9 Å². The molecule has 1 N–H and O–H groups in total. The third kappa shape index (κ3) is 4.87. The molecule has 0 saturated carbocycles. The van der Waals surface area contributed by atoms with Crippen LogP contribution in [0.3, 0.4) is 0 Å². The van der Waals surface area contributed by atoms with Crippen LogP contribution in [0.4, 0.5) is 0 Å². The first-order valence-corrected chi connectivity index (χ1v) is 8.82. The Labute approximate surface area is 155 Å². The molecule has 0 saturated heterocycles. The van der Waals surface area contributed by atoms with E-state index in [-0.39, 0.29) is 0 Å². The predicted molar refractivity (Wildman–Crippen MR) is 101 cm³/mol. The number of rotatable bonds is 8. The lowest BCUT2D eigenvalue weighted by molar-refractivity contribution is 0.280. The summed E-state index contributed by atoms with van der Waals surface area (Å²) in [6, 6.07) is 17.9. The predicted octanol–water partition coefficient (Wildman–Crippen LogP) is 4.92. The van der Waals surface area contributed by atoms with E-state index in [4.69, 9.17) is 13.9 Å². The summed E-state index contributed by atoms with van der Waals surface area (Å²) in [4.78, 5) is 0. The number of halogens is 1. The van der Waals surface area contributed by atoms with Crippen molar-refractivity contribution in [2.75, 3.05) is 7.11 Å². The summed E-state index contributed by atoms with van der Waals surface area (Å²) in [6.45, 7) is 1.78. The molecule has 1 aromatic heterocycles. The van der Waals surface area contributed by atoms with Gasteiger partial charge in [-0.3, -0.25) is 0 Å². The van der Waals surface area contributed by atoms with E-state index in [1.807, 2.05) is 54.6 Å². The van der Waals surface area contributed by atoms with Crippen LogP contribution >= 0.6 is 15.9 Å². The molecule has 0 aliphatic heterocycles. The molecule has 0 fully saturated rings. The van der Waals surface area contributed by atoms with Crippen molar-refractivity contribution in [3.8, 4) is 11.5 Å². The zero-order valence-electron chi connectivity index (χ0n) is 14.0. The zero-order chi connectivity index (χ0) is 17.5. The van der Waals surface area contributed by atoms with Crippen molar-refractivity contribution in [2.24, 2.45) is 0 Å². The molecule has 25 heavy (non-hydrogen) atoms. The second kappa shape index (κ2) is 8.74. The molecule has 0 bridgehead atoms. The number of furan rings is 1. The average molecular weight is 402 g/mol. The molecule has 1 heterocycles. The lowest BCUT2D eigenvalue weighted by atomic mass is 10.1. The van der Waals surface area contributed by atoms with E-state index in [0.717, 1.165) is 27.1 Å². The van der Waals surface area contributed by atoms with Crippen LogP contribution in [0.5, 0.6) is 11.5 Å². The average Bonchev–Trinajstić information content (AvgIpc) is 3.14. The molecule has 2 aromatic carbocycles. The van der Waals surface area contributed by atoms with Crippen molar-refractivity contribution in [3.05, 3.63) is 82.2 Å². The van der Waals surface area contributed by atoms with Gasteiger partial charge in [0.15, 0.2) is 11.5 Å². The molecular formula is C20H20BrNO3. The van der Waals surface area contributed by atoms with Crippen molar-refractivity contribution >= 4 is 15.9 Å². The highest BCUT2D eigenvalue weighted by Gasteiger charge is 2.13. The molecule has 0 unspecified atom stereocenters. The molecule has 0 radical (unpaired) electrons. The van der Waals surface area contributed by atoms with Gasteiger partial charge in [0.25, 0.3) is 0 Å². The van der Waals surface area contributed by atoms with Gasteiger partial charge in [-0.25, -0.2) is 0 Å². The molecular weight excluding hydrogens is 382 g/mol. The second-order valence-corrected chi connectivity index (χ2v) is 6.47. The fraction of sp³-hybridized carbons (Fsp3) is 0.200. The second-order valence-electron chi connectivity index (χ2n) is 5.55. The minimum absolute atomic E-state index is 0.490. The third-order valence-electron chi connectivity index (χ3n) is 3.74. The normalized spacial score (nSPS) is 10.6. The first kappa shape index (κ1) is 17.6. The Bertz CT molecular complexity index is 788. The summed E-state index contributed by atoms with van der Waals surface area (Å²) in [5.74, 6) is 2.36. The molecule has 0 spiro atoms. The van der Waals surface area contributed by atoms with Crippen molar-refractivity contribution in [2.45, 2.75) is 19.7 Å². The molecule has 5 heteroatoms. The van der Waals surface area contributed by atoms with E-state index in [2.05, 4.69) is 21.2 Å². The van der Waals surface area contributed by atoms with Gasteiger partial charge in [0.1, 0.15) is 12.4 Å². The van der Waals surface area contributed by atoms with Crippen LogP contribution in [-0.4, -0.2) is 7.11 Å². The van der Waals surface area contributed by atoms with E-state index in [1.165, 1.54) is 0 Å². The number of hydrogen-bond donors (Lipinski definition) is 1. The summed E-state index contributed by atoms with van der Waals surface area (Å²) >= 11 is 3.53. The maximum Gasteiger partial charge on any atom is 0.166 e. The number of nitrogens with one attached hydrogen (secondary N) is 1. The quantitative estimate of drug-likeness (QED) is 0.581. The molecule has 4 nitrogen and oxygen atoms in total. The topological polar surface area (TPSA) is 43.6 Å². The van der Waals surface area contributed by atoms with Gasteiger partial charge in [-0.05, 0) is 29.8 Å². The van der Waals surface area contributed by atoms with E-state index >= 15 is 0 Å². The van der Waals surface area contributed by atoms with Gasteiger partial charge in [-0.1, -0.05) is 46.3 Å². The van der Waals surface area contributed by atoms with E-state index in [9.17, 15) is 0 Å². The maximum atomic E-state index is 6.08. The highest BCUT2D eigenvalue weighted by Crippen LogP contribution is 2.35. The largest absolute Gasteiger partial charge is 0.493 e. The maximum absolute atomic E-state index is 6.08. The zero-order valence-corrected chi connectivity index (χ0v) is 15.6. The fourth-order valence-corrected chi connectivity index (χ4v) is 3.02. The van der Waals surface area contributed by atoms with Crippen LogP contribution < -0.4 is 14.8 Å².